The molecule has 1 saturated heterocycles. The highest BCUT2D eigenvalue weighted by molar-refractivity contribution is 6.39. The number of carboxylic acid groups (broad SMARTS) is 1. The molecule has 1 aliphatic heterocycles. The van der Waals surface area contributed by atoms with E-state index in [0.717, 1.165) is 16.9 Å². The predicted octanol–water partition coefficient (Wildman–Crippen LogP) is 2.38. The largest absolute Gasteiger partial charge is 0.481 e. The number of aryl methyl sites for hydroxylation is 1. The maximum absolute atomic E-state index is 12.9. The molecule has 29 heavy (non-hydrogen) atoms. The Balaban J connectivity index is 1.96. The van der Waals surface area contributed by atoms with Gasteiger partial charge in [-0.3, -0.25) is 14.9 Å². The fourth-order valence-corrected chi connectivity index (χ4v) is 2.80. The number of barbiturate groups is 1. The van der Waals surface area contributed by atoms with Crippen molar-refractivity contribution in [2.24, 2.45) is 0 Å². The molecule has 2 aromatic carbocycles. The highest BCUT2D eigenvalue weighted by Gasteiger charge is 2.36. The molecule has 0 aromatic heterocycles. The third-order valence-corrected chi connectivity index (χ3v) is 4.27. The molecule has 148 valence electrons. The van der Waals surface area contributed by atoms with Gasteiger partial charge in [0.1, 0.15) is 11.3 Å². The monoisotopic (exact) mass is 394 g/mol. The molecule has 8 heteroatoms. The molecular weight excluding hydrogens is 376 g/mol. The lowest BCUT2D eigenvalue weighted by Crippen LogP contribution is -2.54. The Morgan fingerprint density at radius 3 is 2.45 bits per heavy atom. The van der Waals surface area contributed by atoms with Crippen LogP contribution >= 0.6 is 0 Å². The Hall–Kier alpha value is -3.94. The van der Waals surface area contributed by atoms with Gasteiger partial charge in [-0.15, -0.1) is 0 Å². The Kier molecular flexibility index (Phi) is 5.73. The number of hydrogen-bond acceptors (Lipinski definition) is 5. The topological polar surface area (TPSA) is 113 Å². The summed E-state index contributed by atoms with van der Waals surface area (Å²) >= 11 is 0. The molecule has 2 N–H and O–H groups in total. The molecule has 2 aromatic rings. The van der Waals surface area contributed by atoms with Crippen molar-refractivity contribution in [2.75, 3.05) is 11.5 Å². The Morgan fingerprint density at radius 1 is 1.10 bits per heavy atom. The van der Waals surface area contributed by atoms with Gasteiger partial charge in [0.05, 0.1) is 5.69 Å². The zero-order valence-corrected chi connectivity index (χ0v) is 15.5. The van der Waals surface area contributed by atoms with Crippen LogP contribution in [-0.4, -0.2) is 35.5 Å². The summed E-state index contributed by atoms with van der Waals surface area (Å²) < 4.78 is 5.20. The van der Waals surface area contributed by atoms with E-state index in [0.29, 0.717) is 11.3 Å². The number of aliphatic carboxylic acids is 1. The molecule has 0 bridgehead atoms. The van der Waals surface area contributed by atoms with Crippen LogP contribution in [0.2, 0.25) is 0 Å². The van der Waals surface area contributed by atoms with E-state index in [9.17, 15) is 19.2 Å². The van der Waals surface area contributed by atoms with Crippen molar-refractivity contribution in [1.29, 1.82) is 0 Å². The van der Waals surface area contributed by atoms with Crippen LogP contribution in [0.3, 0.4) is 0 Å². The lowest BCUT2D eigenvalue weighted by atomic mass is 10.1. The molecule has 0 spiro atoms. The number of ether oxygens (including phenoxy) is 1. The van der Waals surface area contributed by atoms with E-state index in [1.54, 1.807) is 42.5 Å². The zero-order chi connectivity index (χ0) is 21.0. The van der Waals surface area contributed by atoms with Crippen LogP contribution in [0, 0.1) is 0 Å². The van der Waals surface area contributed by atoms with Gasteiger partial charge in [0, 0.05) is 5.56 Å². The number of anilines is 1. The quantitative estimate of drug-likeness (QED) is 0.575. The first-order valence-corrected chi connectivity index (χ1v) is 8.84. The first kappa shape index (κ1) is 19.8. The maximum atomic E-state index is 12.9. The Bertz CT molecular complexity index is 1010. The van der Waals surface area contributed by atoms with Crippen LogP contribution < -0.4 is 15.0 Å². The van der Waals surface area contributed by atoms with E-state index >= 15 is 0 Å². The average Bonchev–Trinajstić information content (AvgIpc) is 2.70. The number of imide groups is 2. The van der Waals surface area contributed by atoms with Crippen LogP contribution in [0.15, 0.2) is 54.1 Å². The number of carbonyl (C=O) groups excluding carboxylic acids is 3. The fourth-order valence-electron chi connectivity index (χ4n) is 2.80. The van der Waals surface area contributed by atoms with Crippen LogP contribution in [0.1, 0.15) is 18.1 Å². The molecule has 0 saturated carbocycles. The SMILES string of the molecule is CCc1ccc(N2C(=O)NC(=O)/C(=C/c3ccccc3OCC(=O)O)C2=O)cc1. The normalized spacial score (nSPS) is 15.4. The highest BCUT2D eigenvalue weighted by Crippen LogP contribution is 2.25. The van der Waals surface area contributed by atoms with Crippen LogP contribution in [0.4, 0.5) is 10.5 Å². The van der Waals surface area contributed by atoms with Gasteiger partial charge in [0.15, 0.2) is 6.61 Å². The molecule has 1 heterocycles. The molecule has 0 radical (unpaired) electrons. The van der Waals surface area contributed by atoms with E-state index in [-0.39, 0.29) is 11.3 Å². The standard InChI is InChI=1S/C21H18N2O6/c1-2-13-7-9-15(10-8-13)23-20(27)16(19(26)22-21(23)28)11-14-5-3-4-6-17(14)29-12-18(24)25/h3-11H,2,12H2,1H3,(H,24,25)(H,22,26,28)/b16-11-. The van der Waals surface area contributed by atoms with Crippen molar-refractivity contribution in [3.05, 3.63) is 65.2 Å². The number of nitrogens with zero attached hydrogens (tertiary/aromatic N) is 1. The molecule has 1 fully saturated rings. The Labute approximate surface area is 166 Å². The second-order valence-corrected chi connectivity index (χ2v) is 6.20. The number of carboxylic acids is 1. The number of rotatable bonds is 6. The van der Waals surface area contributed by atoms with Gasteiger partial charge >= 0.3 is 12.0 Å². The summed E-state index contributed by atoms with van der Waals surface area (Å²) in [4.78, 5) is 49.1. The van der Waals surface area contributed by atoms with Crippen molar-refractivity contribution in [3.8, 4) is 5.75 Å². The first-order valence-electron chi connectivity index (χ1n) is 8.84. The van der Waals surface area contributed by atoms with E-state index in [2.05, 4.69) is 5.32 Å². The van der Waals surface area contributed by atoms with Gasteiger partial charge in [-0.25, -0.2) is 14.5 Å². The number of carbonyl (C=O) groups is 4. The molecule has 0 unspecified atom stereocenters. The van der Waals surface area contributed by atoms with Crippen LogP contribution in [-0.2, 0) is 20.8 Å². The molecular formula is C21H18N2O6. The van der Waals surface area contributed by atoms with Gasteiger partial charge in [-0.05, 0) is 36.3 Å². The lowest BCUT2D eigenvalue weighted by Gasteiger charge is -2.26. The van der Waals surface area contributed by atoms with Crippen LogP contribution in [0.5, 0.6) is 5.75 Å². The number of nitrogens with one attached hydrogen (secondary N) is 1. The van der Waals surface area contributed by atoms with Crippen molar-refractivity contribution >= 4 is 35.6 Å². The Morgan fingerprint density at radius 2 is 1.79 bits per heavy atom. The smallest absolute Gasteiger partial charge is 0.341 e. The fraction of sp³-hybridized carbons (Fsp3) is 0.143. The summed E-state index contributed by atoms with van der Waals surface area (Å²) in [6, 6.07) is 12.4. The van der Waals surface area contributed by atoms with E-state index in [4.69, 9.17) is 9.84 Å². The van der Waals surface area contributed by atoms with Crippen molar-refractivity contribution in [2.45, 2.75) is 13.3 Å². The molecule has 4 amide bonds. The molecule has 0 aliphatic carbocycles. The number of hydrogen-bond donors (Lipinski definition) is 2. The number of urea groups is 1. The summed E-state index contributed by atoms with van der Waals surface area (Å²) in [6.07, 6.45) is 2.08. The maximum Gasteiger partial charge on any atom is 0.341 e. The second kappa shape index (κ2) is 8.39. The van der Waals surface area contributed by atoms with Gasteiger partial charge in [0.25, 0.3) is 11.8 Å². The summed E-state index contributed by atoms with van der Waals surface area (Å²) in [5, 5.41) is 10.9. The van der Waals surface area contributed by atoms with E-state index in [1.807, 2.05) is 6.92 Å². The second-order valence-electron chi connectivity index (χ2n) is 6.20. The van der Waals surface area contributed by atoms with Gasteiger partial charge in [0.2, 0.25) is 0 Å². The minimum absolute atomic E-state index is 0.193. The third-order valence-electron chi connectivity index (χ3n) is 4.27. The molecule has 3 rings (SSSR count). The van der Waals surface area contributed by atoms with E-state index in [1.165, 1.54) is 12.1 Å². The summed E-state index contributed by atoms with van der Waals surface area (Å²) in [7, 11) is 0. The lowest BCUT2D eigenvalue weighted by molar-refractivity contribution is -0.139. The zero-order valence-electron chi connectivity index (χ0n) is 15.5. The average molecular weight is 394 g/mol. The first-order chi connectivity index (χ1) is 13.9. The van der Waals surface area contributed by atoms with Crippen molar-refractivity contribution in [3.63, 3.8) is 0 Å². The highest BCUT2D eigenvalue weighted by atomic mass is 16.5. The van der Waals surface area contributed by atoms with Gasteiger partial charge < -0.3 is 9.84 Å². The molecule has 1 aliphatic rings. The van der Waals surface area contributed by atoms with Gasteiger partial charge in [-0.2, -0.15) is 0 Å². The van der Waals surface area contributed by atoms with E-state index < -0.39 is 30.4 Å². The number of amides is 4. The summed E-state index contributed by atoms with van der Waals surface area (Å²) in [5.74, 6) is -2.59. The molecule has 0 atom stereocenters. The number of benzene rings is 2. The third kappa shape index (κ3) is 4.32. The van der Waals surface area contributed by atoms with Gasteiger partial charge in [-0.1, -0.05) is 37.3 Å². The summed E-state index contributed by atoms with van der Waals surface area (Å²) in [6.45, 7) is 1.41. The minimum atomic E-state index is -1.16. The molecule has 8 nitrogen and oxygen atoms in total. The predicted molar refractivity (Wildman–Crippen MR) is 104 cm³/mol. The van der Waals surface area contributed by atoms with Crippen molar-refractivity contribution in [1.82, 2.24) is 5.32 Å². The van der Waals surface area contributed by atoms with Crippen LogP contribution in [0.25, 0.3) is 6.08 Å². The minimum Gasteiger partial charge on any atom is -0.481 e. The summed E-state index contributed by atoms with van der Waals surface area (Å²) in [5.41, 5.74) is 1.44. The van der Waals surface area contributed by atoms with Crippen molar-refractivity contribution < 1.29 is 29.0 Å². The number of para-hydroxylation sites is 1.